The highest BCUT2D eigenvalue weighted by Gasteiger charge is 2.06. The van der Waals surface area contributed by atoms with Gasteiger partial charge in [0, 0.05) is 11.9 Å². The summed E-state index contributed by atoms with van der Waals surface area (Å²) in [6.45, 7) is 2.22. The Balaban J connectivity index is 2.11. The highest BCUT2D eigenvalue weighted by atomic mass is 16.5. The van der Waals surface area contributed by atoms with E-state index in [1.54, 1.807) is 19.4 Å². The summed E-state index contributed by atoms with van der Waals surface area (Å²) in [6, 6.07) is 7.38. The summed E-state index contributed by atoms with van der Waals surface area (Å²) in [4.78, 5) is 8.23. The van der Waals surface area contributed by atoms with E-state index in [1.807, 2.05) is 25.1 Å². The Labute approximate surface area is 106 Å². The monoisotopic (exact) mass is 245 g/mol. The number of hydrogen-bond acceptors (Lipinski definition) is 5. The van der Waals surface area contributed by atoms with E-state index < -0.39 is 0 Å². The second-order valence-corrected chi connectivity index (χ2v) is 3.80. The van der Waals surface area contributed by atoms with E-state index >= 15 is 0 Å². The predicted molar refractivity (Wildman–Crippen MR) is 68.5 cm³/mol. The number of aryl methyl sites for hydroxylation is 1. The number of nitrogen functional groups attached to an aromatic ring is 1. The molecule has 0 spiro atoms. The summed E-state index contributed by atoms with van der Waals surface area (Å²) in [5, 5.41) is 0. The van der Waals surface area contributed by atoms with Crippen molar-refractivity contribution in [3.8, 4) is 11.6 Å². The van der Waals surface area contributed by atoms with Gasteiger partial charge in [-0.2, -0.15) is 0 Å². The first-order valence-corrected chi connectivity index (χ1v) is 5.54. The molecule has 0 aliphatic heterocycles. The third-order valence-electron chi connectivity index (χ3n) is 2.45. The average molecular weight is 245 g/mol. The number of methoxy groups -OCH3 is 1. The number of nitrogens with zero attached hydrogens (tertiary/aromatic N) is 2. The van der Waals surface area contributed by atoms with Gasteiger partial charge in [-0.25, -0.2) is 9.97 Å². The predicted octanol–water partition coefficient (Wildman–Crippen LogP) is 1.95. The van der Waals surface area contributed by atoms with Crippen molar-refractivity contribution in [1.82, 2.24) is 9.97 Å². The Kier molecular flexibility index (Phi) is 3.62. The molecule has 18 heavy (non-hydrogen) atoms. The van der Waals surface area contributed by atoms with Crippen LogP contribution in [0.3, 0.4) is 0 Å². The smallest absolute Gasteiger partial charge is 0.219 e. The first-order chi connectivity index (χ1) is 8.70. The van der Waals surface area contributed by atoms with Gasteiger partial charge < -0.3 is 15.2 Å². The molecule has 0 saturated carbocycles. The van der Waals surface area contributed by atoms with Crippen molar-refractivity contribution in [3.63, 3.8) is 0 Å². The van der Waals surface area contributed by atoms with Crippen LogP contribution >= 0.6 is 0 Å². The van der Waals surface area contributed by atoms with Crippen molar-refractivity contribution in [2.24, 2.45) is 0 Å². The summed E-state index contributed by atoms with van der Waals surface area (Å²) in [5.74, 6) is 1.50. The molecule has 0 amide bonds. The quantitative estimate of drug-likeness (QED) is 0.891. The Morgan fingerprint density at radius 1 is 1.28 bits per heavy atom. The summed E-state index contributed by atoms with van der Waals surface area (Å²) in [5.41, 5.74) is 7.49. The molecule has 0 atom stereocenters. The Morgan fingerprint density at radius 2 is 2.11 bits per heavy atom. The van der Waals surface area contributed by atoms with Crippen LogP contribution in [0.25, 0.3) is 0 Å². The van der Waals surface area contributed by atoms with Crippen molar-refractivity contribution in [2.75, 3.05) is 12.8 Å². The normalized spacial score (nSPS) is 10.1. The highest BCUT2D eigenvalue weighted by molar-refractivity contribution is 5.46. The second-order valence-electron chi connectivity index (χ2n) is 3.80. The van der Waals surface area contributed by atoms with E-state index in [4.69, 9.17) is 15.2 Å². The Morgan fingerprint density at radius 3 is 2.83 bits per heavy atom. The largest absolute Gasteiger partial charge is 0.485 e. The van der Waals surface area contributed by atoms with E-state index in [9.17, 15) is 0 Å². The van der Waals surface area contributed by atoms with E-state index in [0.717, 1.165) is 11.3 Å². The SMILES string of the molecule is COc1ncccc1COc1ccc(C)nc1N. The molecule has 2 heterocycles. The fourth-order valence-electron chi connectivity index (χ4n) is 1.56. The topological polar surface area (TPSA) is 70.3 Å². The van der Waals surface area contributed by atoms with E-state index in [-0.39, 0.29) is 0 Å². The summed E-state index contributed by atoms with van der Waals surface area (Å²) < 4.78 is 10.8. The molecule has 5 nitrogen and oxygen atoms in total. The van der Waals surface area contributed by atoms with Crippen LogP contribution < -0.4 is 15.2 Å². The van der Waals surface area contributed by atoms with Crippen molar-refractivity contribution >= 4 is 5.82 Å². The lowest BCUT2D eigenvalue weighted by Crippen LogP contribution is -2.03. The zero-order valence-electron chi connectivity index (χ0n) is 10.4. The molecule has 0 radical (unpaired) electrons. The maximum Gasteiger partial charge on any atom is 0.219 e. The molecule has 2 aromatic heterocycles. The first-order valence-electron chi connectivity index (χ1n) is 5.54. The van der Waals surface area contributed by atoms with Gasteiger partial charge in [0.25, 0.3) is 0 Å². The zero-order chi connectivity index (χ0) is 13.0. The molecular formula is C13H15N3O2. The number of pyridine rings is 2. The fraction of sp³-hybridized carbons (Fsp3) is 0.231. The Bertz CT molecular complexity index is 544. The minimum atomic E-state index is 0.339. The van der Waals surface area contributed by atoms with Gasteiger partial charge in [-0.15, -0.1) is 0 Å². The molecule has 0 aromatic carbocycles. The second kappa shape index (κ2) is 5.35. The molecule has 2 rings (SSSR count). The van der Waals surface area contributed by atoms with Crippen LogP contribution in [0.5, 0.6) is 11.6 Å². The highest BCUT2D eigenvalue weighted by Crippen LogP contribution is 2.22. The van der Waals surface area contributed by atoms with Crippen molar-refractivity contribution < 1.29 is 9.47 Å². The number of anilines is 1. The van der Waals surface area contributed by atoms with Crippen LogP contribution in [-0.2, 0) is 6.61 Å². The molecular weight excluding hydrogens is 230 g/mol. The standard InChI is InChI=1S/C13H15N3O2/c1-9-5-6-11(12(14)16-9)18-8-10-4-3-7-15-13(10)17-2/h3-7H,8H2,1-2H3,(H2,14,16). The lowest BCUT2D eigenvalue weighted by molar-refractivity contribution is 0.294. The average Bonchev–Trinajstić information content (AvgIpc) is 2.38. The summed E-state index contributed by atoms with van der Waals surface area (Å²) in [7, 11) is 1.58. The van der Waals surface area contributed by atoms with Crippen molar-refractivity contribution in [1.29, 1.82) is 0 Å². The number of hydrogen-bond donors (Lipinski definition) is 1. The molecule has 0 bridgehead atoms. The van der Waals surface area contributed by atoms with Crippen LogP contribution in [-0.4, -0.2) is 17.1 Å². The molecule has 0 unspecified atom stereocenters. The van der Waals surface area contributed by atoms with Gasteiger partial charge in [0.15, 0.2) is 11.6 Å². The van der Waals surface area contributed by atoms with Crippen LogP contribution in [0.15, 0.2) is 30.5 Å². The summed E-state index contributed by atoms with van der Waals surface area (Å²) in [6.07, 6.45) is 1.67. The molecule has 0 fully saturated rings. The van der Waals surface area contributed by atoms with Crippen molar-refractivity contribution in [3.05, 3.63) is 41.7 Å². The number of aromatic nitrogens is 2. The molecule has 0 aliphatic rings. The first kappa shape index (κ1) is 12.2. The minimum absolute atomic E-state index is 0.339. The van der Waals surface area contributed by atoms with E-state index in [0.29, 0.717) is 24.1 Å². The van der Waals surface area contributed by atoms with Crippen LogP contribution in [0, 0.1) is 6.92 Å². The summed E-state index contributed by atoms with van der Waals surface area (Å²) >= 11 is 0. The maximum atomic E-state index is 5.77. The zero-order valence-corrected chi connectivity index (χ0v) is 10.4. The van der Waals surface area contributed by atoms with Gasteiger partial charge in [-0.1, -0.05) is 0 Å². The number of nitrogens with two attached hydrogens (primary N) is 1. The lowest BCUT2D eigenvalue weighted by atomic mass is 10.3. The molecule has 2 aromatic rings. The van der Waals surface area contributed by atoms with E-state index in [2.05, 4.69) is 9.97 Å². The van der Waals surface area contributed by atoms with Gasteiger partial charge in [0.1, 0.15) is 6.61 Å². The lowest BCUT2D eigenvalue weighted by Gasteiger charge is -2.10. The third-order valence-corrected chi connectivity index (χ3v) is 2.45. The Hall–Kier alpha value is -2.30. The molecule has 94 valence electrons. The van der Waals surface area contributed by atoms with E-state index in [1.165, 1.54) is 0 Å². The minimum Gasteiger partial charge on any atom is -0.485 e. The molecule has 0 aliphatic carbocycles. The van der Waals surface area contributed by atoms with Gasteiger partial charge in [-0.3, -0.25) is 0 Å². The fourth-order valence-corrected chi connectivity index (χ4v) is 1.56. The van der Waals surface area contributed by atoms with Crippen LogP contribution in [0.1, 0.15) is 11.3 Å². The van der Waals surface area contributed by atoms with Gasteiger partial charge >= 0.3 is 0 Å². The molecule has 2 N–H and O–H groups in total. The van der Waals surface area contributed by atoms with Gasteiger partial charge in [0.05, 0.1) is 12.7 Å². The third kappa shape index (κ3) is 2.68. The number of rotatable bonds is 4. The molecule has 5 heteroatoms. The van der Waals surface area contributed by atoms with Crippen LogP contribution in [0.4, 0.5) is 5.82 Å². The van der Waals surface area contributed by atoms with Gasteiger partial charge in [0.2, 0.25) is 5.88 Å². The van der Waals surface area contributed by atoms with Gasteiger partial charge in [-0.05, 0) is 31.2 Å². The number of ether oxygens (including phenoxy) is 2. The molecule has 0 saturated heterocycles. The van der Waals surface area contributed by atoms with Crippen molar-refractivity contribution in [2.45, 2.75) is 13.5 Å². The maximum absolute atomic E-state index is 5.77. The van der Waals surface area contributed by atoms with Crippen LogP contribution in [0.2, 0.25) is 0 Å².